The van der Waals surface area contributed by atoms with E-state index in [1.54, 1.807) is 30.6 Å². The Bertz CT molecular complexity index is 962. The van der Waals surface area contributed by atoms with E-state index in [-0.39, 0.29) is 17.4 Å². The van der Waals surface area contributed by atoms with Crippen molar-refractivity contribution in [2.24, 2.45) is 11.8 Å². The van der Waals surface area contributed by atoms with Gasteiger partial charge in [-0.2, -0.15) is 0 Å². The van der Waals surface area contributed by atoms with Crippen molar-refractivity contribution in [3.63, 3.8) is 0 Å². The first-order valence-corrected chi connectivity index (χ1v) is 9.68. The van der Waals surface area contributed by atoms with Gasteiger partial charge in [0, 0.05) is 28.4 Å². The zero-order valence-corrected chi connectivity index (χ0v) is 16.9. The Morgan fingerprint density at radius 1 is 1.07 bits per heavy atom. The minimum absolute atomic E-state index is 0.00392. The maximum Gasteiger partial charge on any atom is 0.269 e. The van der Waals surface area contributed by atoms with E-state index in [9.17, 15) is 8.78 Å². The third kappa shape index (κ3) is 4.76. The molecular formula is C22H23ClF2N2O. The number of alkyl halides is 2. The molecule has 0 unspecified atom stereocenters. The number of benzene rings is 1. The highest BCUT2D eigenvalue weighted by Gasteiger charge is 2.19. The van der Waals surface area contributed by atoms with Crippen molar-refractivity contribution in [3.8, 4) is 17.0 Å². The summed E-state index contributed by atoms with van der Waals surface area (Å²) in [7, 11) is 0. The van der Waals surface area contributed by atoms with E-state index in [1.807, 2.05) is 13.0 Å². The standard InChI is InChI=1S/C22H23ClF2N2O/c1-13(2)8-14(3)12-28-22-19(21(24)25)9-15(11-27-22)17-6-7-26-20-10-16(23)4-5-18(17)20/h4-7,9-11,13-14,21H,8,12H2,1-3H3/t14-/m0/s1. The van der Waals surface area contributed by atoms with Crippen LogP contribution in [0.5, 0.6) is 5.88 Å². The molecule has 0 spiro atoms. The number of ether oxygens (including phenoxy) is 1. The molecular weight excluding hydrogens is 382 g/mol. The van der Waals surface area contributed by atoms with Gasteiger partial charge in [-0.25, -0.2) is 13.8 Å². The third-order valence-electron chi connectivity index (χ3n) is 4.51. The number of fused-ring (bicyclic) bond motifs is 1. The van der Waals surface area contributed by atoms with Crippen LogP contribution in [0, 0.1) is 11.8 Å². The highest BCUT2D eigenvalue weighted by molar-refractivity contribution is 6.31. The predicted octanol–water partition coefficient (Wildman–Crippen LogP) is 6.95. The molecule has 0 radical (unpaired) electrons. The molecule has 0 saturated carbocycles. The van der Waals surface area contributed by atoms with Crippen LogP contribution >= 0.6 is 11.6 Å². The Balaban J connectivity index is 1.93. The molecule has 2 aromatic heterocycles. The fraction of sp³-hybridized carbons (Fsp3) is 0.364. The molecule has 28 heavy (non-hydrogen) atoms. The highest BCUT2D eigenvalue weighted by Crippen LogP contribution is 2.34. The van der Waals surface area contributed by atoms with Crippen molar-refractivity contribution in [3.05, 3.63) is 53.3 Å². The summed E-state index contributed by atoms with van der Waals surface area (Å²) in [6.07, 6.45) is 1.49. The Kier molecular flexibility index (Phi) is 6.45. The normalized spacial score (nSPS) is 12.7. The van der Waals surface area contributed by atoms with Gasteiger partial charge in [0.25, 0.3) is 6.43 Å². The SMILES string of the molecule is CC(C)C[C@H](C)COc1ncc(-c2ccnc3cc(Cl)ccc23)cc1C(F)F. The van der Waals surface area contributed by atoms with Gasteiger partial charge < -0.3 is 4.74 Å². The molecule has 0 N–H and O–H groups in total. The van der Waals surface area contributed by atoms with E-state index in [1.165, 1.54) is 6.07 Å². The first-order chi connectivity index (χ1) is 13.3. The van der Waals surface area contributed by atoms with Gasteiger partial charge in [0.1, 0.15) is 0 Å². The summed E-state index contributed by atoms with van der Waals surface area (Å²) in [6, 6.07) is 8.57. The van der Waals surface area contributed by atoms with Gasteiger partial charge in [-0.1, -0.05) is 38.4 Å². The lowest BCUT2D eigenvalue weighted by Gasteiger charge is -2.17. The van der Waals surface area contributed by atoms with Gasteiger partial charge in [-0.15, -0.1) is 0 Å². The molecule has 0 aliphatic rings. The van der Waals surface area contributed by atoms with Gasteiger partial charge in [0.2, 0.25) is 5.88 Å². The average molecular weight is 405 g/mol. The van der Waals surface area contributed by atoms with Crippen LogP contribution < -0.4 is 4.74 Å². The molecule has 0 fully saturated rings. The summed E-state index contributed by atoms with van der Waals surface area (Å²) in [5.41, 5.74) is 1.86. The largest absolute Gasteiger partial charge is 0.477 e. The van der Waals surface area contributed by atoms with Gasteiger partial charge >= 0.3 is 0 Å². The fourth-order valence-corrected chi connectivity index (χ4v) is 3.53. The van der Waals surface area contributed by atoms with Crippen LogP contribution in [-0.4, -0.2) is 16.6 Å². The number of hydrogen-bond donors (Lipinski definition) is 0. The monoisotopic (exact) mass is 404 g/mol. The molecule has 6 heteroatoms. The number of hydrogen-bond acceptors (Lipinski definition) is 3. The third-order valence-corrected chi connectivity index (χ3v) is 4.74. The maximum absolute atomic E-state index is 13.7. The van der Waals surface area contributed by atoms with Crippen molar-refractivity contribution in [1.82, 2.24) is 9.97 Å². The van der Waals surface area contributed by atoms with Crippen molar-refractivity contribution >= 4 is 22.5 Å². The number of rotatable bonds is 7. The molecule has 3 rings (SSSR count). The zero-order valence-electron chi connectivity index (χ0n) is 16.1. The lowest BCUT2D eigenvalue weighted by atomic mass is 10.00. The number of nitrogens with zero attached hydrogens (tertiary/aromatic N) is 2. The molecule has 0 aliphatic heterocycles. The molecule has 0 aliphatic carbocycles. The van der Waals surface area contributed by atoms with E-state index < -0.39 is 6.43 Å². The molecule has 1 aromatic carbocycles. The Hall–Kier alpha value is -2.27. The van der Waals surface area contributed by atoms with Crippen LogP contribution in [0.25, 0.3) is 22.0 Å². The Morgan fingerprint density at radius 3 is 2.57 bits per heavy atom. The molecule has 0 saturated heterocycles. The van der Waals surface area contributed by atoms with Crippen LogP contribution in [0.2, 0.25) is 5.02 Å². The van der Waals surface area contributed by atoms with Crippen molar-refractivity contribution < 1.29 is 13.5 Å². The molecule has 2 heterocycles. The smallest absolute Gasteiger partial charge is 0.269 e. The molecule has 3 aromatic rings. The van der Waals surface area contributed by atoms with Gasteiger partial charge in [-0.05, 0) is 48.1 Å². The Labute approximate surface area is 168 Å². The lowest BCUT2D eigenvalue weighted by Crippen LogP contribution is -2.12. The van der Waals surface area contributed by atoms with E-state index in [4.69, 9.17) is 16.3 Å². The highest BCUT2D eigenvalue weighted by atomic mass is 35.5. The average Bonchev–Trinajstić information content (AvgIpc) is 2.65. The summed E-state index contributed by atoms with van der Waals surface area (Å²) in [5, 5.41) is 1.40. The zero-order chi connectivity index (χ0) is 20.3. The number of pyridine rings is 2. The van der Waals surface area contributed by atoms with E-state index in [2.05, 4.69) is 23.8 Å². The molecule has 148 valence electrons. The predicted molar refractivity (Wildman–Crippen MR) is 109 cm³/mol. The van der Waals surface area contributed by atoms with Gasteiger partial charge in [-0.3, -0.25) is 4.98 Å². The van der Waals surface area contributed by atoms with Crippen LogP contribution in [-0.2, 0) is 0 Å². The summed E-state index contributed by atoms with van der Waals surface area (Å²) in [5.74, 6) is 0.786. The van der Waals surface area contributed by atoms with Crippen LogP contribution in [0.1, 0.15) is 39.2 Å². The van der Waals surface area contributed by atoms with E-state index >= 15 is 0 Å². The van der Waals surface area contributed by atoms with Crippen LogP contribution in [0.15, 0.2) is 42.7 Å². The fourth-order valence-electron chi connectivity index (χ4n) is 3.36. The second kappa shape index (κ2) is 8.82. The van der Waals surface area contributed by atoms with Crippen LogP contribution in [0.4, 0.5) is 8.78 Å². The maximum atomic E-state index is 13.7. The minimum Gasteiger partial charge on any atom is -0.477 e. The summed E-state index contributed by atoms with van der Waals surface area (Å²) < 4.78 is 33.0. The first kappa shape index (κ1) is 20.5. The van der Waals surface area contributed by atoms with Crippen molar-refractivity contribution in [2.45, 2.75) is 33.6 Å². The second-order valence-corrected chi connectivity index (χ2v) is 7.92. The van der Waals surface area contributed by atoms with E-state index in [0.29, 0.717) is 28.6 Å². The summed E-state index contributed by atoms with van der Waals surface area (Å²) in [4.78, 5) is 8.50. The molecule has 0 bridgehead atoms. The molecule has 1 atom stereocenters. The second-order valence-electron chi connectivity index (χ2n) is 7.48. The summed E-state index contributed by atoms with van der Waals surface area (Å²) >= 11 is 6.03. The van der Waals surface area contributed by atoms with Crippen molar-refractivity contribution in [2.75, 3.05) is 6.61 Å². The molecule has 3 nitrogen and oxygen atoms in total. The quantitative estimate of drug-likeness (QED) is 0.427. The molecule has 0 amide bonds. The van der Waals surface area contributed by atoms with Crippen LogP contribution in [0.3, 0.4) is 0 Å². The number of halogens is 3. The van der Waals surface area contributed by atoms with Gasteiger partial charge in [0.15, 0.2) is 0 Å². The Morgan fingerprint density at radius 2 is 1.86 bits per heavy atom. The topological polar surface area (TPSA) is 35.0 Å². The first-order valence-electron chi connectivity index (χ1n) is 9.30. The van der Waals surface area contributed by atoms with Crippen molar-refractivity contribution in [1.29, 1.82) is 0 Å². The lowest BCUT2D eigenvalue weighted by molar-refractivity contribution is 0.140. The van der Waals surface area contributed by atoms with Gasteiger partial charge in [0.05, 0.1) is 17.7 Å². The van der Waals surface area contributed by atoms with E-state index in [0.717, 1.165) is 17.4 Å². The number of aromatic nitrogens is 2. The minimum atomic E-state index is -2.68. The summed E-state index contributed by atoms with van der Waals surface area (Å²) in [6.45, 7) is 6.66.